The highest BCUT2D eigenvalue weighted by Gasteiger charge is 2.30. The Morgan fingerprint density at radius 3 is 2.75 bits per heavy atom. The van der Waals surface area contributed by atoms with Crippen molar-refractivity contribution in [2.45, 2.75) is 51.5 Å². The van der Waals surface area contributed by atoms with Crippen molar-refractivity contribution in [2.24, 2.45) is 5.92 Å². The molecule has 1 aliphatic heterocycles. The molecule has 28 heavy (non-hydrogen) atoms. The molecule has 0 unspecified atom stereocenters. The first-order valence-corrected chi connectivity index (χ1v) is 10.4. The summed E-state index contributed by atoms with van der Waals surface area (Å²) < 4.78 is 5.22. The predicted molar refractivity (Wildman–Crippen MR) is 107 cm³/mol. The summed E-state index contributed by atoms with van der Waals surface area (Å²) in [4.78, 5) is 27.1. The van der Waals surface area contributed by atoms with Crippen LogP contribution in [0, 0.1) is 5.92 Å². The van der Waals surface area contributed by atoms with E-state index in [2.05, 4.69) is 23.5 Å². The van der Waals surface area contributed by atoms with Crippen LogP contribution in [0.5, 0.6) is 0 Å². The maximum Gasteiger partial charge on any atom is 0.289 e. The summed E-state index contributed by atoms with van der Waals surface area (Å²) in [6.07, 6.45) is 7.96. The minimum absolute atomic E-state index is 0.0298. The highest BCUT2D eigenvalue weighted by atomic mass is 16.3. The van der Waals surface area contributed by atoms with E-state index in [1.165, 1.54) is 30.2 Å². The fourth-order valence-electron chi connectivity index (χ4n) is 4.37. The minimum Gasteiger partial charge on any atom is -0.459 e. The lowest BCUT2D eigenvalue weighted by atomic mass is 9.89. The molecule has 1 aliphatic carbocycles. The largest absolute Gasteiger partial charge is 0.459 e. The summed E-state index contributed by atoms with van der Waals surface area (Å²) in [5, 5.41) is 3.17. The van der Waals surface area contributed by atoms with Crippen LogP contribution in [0.4, 0.5) is 0 Å². The Hall–Kier alpha value is -2.56. The summed E-state index contributed by atoms with van der Waals surface area (Å²) in [6, 6.07) is 9.97. The zero-order valence-corrected chi connectivity index (χ0v) is 16.4. The summed E-state index contributed by atoms with van der Waals surface area (Å²) in [6.45, 7) is 3.16. The second-order valence-electron chi connectivity index (χ2n) is 8.03. The average Bonchev–Trinajstić information content (AvgIpc) is 3.27. The third kappa shape index (κ3) is 3.98. The Morgan fingerprint density at radius 2 is 1.96 bits per heavy atom. The van der Waals surface area contributed by atoms with Gasteiger partial charge in [0.25, 0.3) is 5.91 Å². The molecule has 0 spiro atoms. The molecule has 2 aliphatic rings. The van der Waals surface area contributed by atoms with Gasteiger partial charge in [0.05, 0.1) is 18.2 Å². The van der Waals surface area contributed by atoms with Crippen LogP contribution >= 0.6 is 0 Å². The molecular weight excluding hydrogens is 352 g/mol. The number of carbonyl (C=O) groups is 2. The van der Waals surface area contributed by atoms with Gasteiger partial charge < -0.3 is 14.6 Å². The number of furan rings is 1. The van der Waals surface area contributed by atoms with E-state index < -0.39 is 0 Å². The zero-order chi connectivity index (χ0) is 19.5. The first-order valence-electron chi connectivity index (χ1n) is 10.4. The minimum atomic E-state index is -0.173. The number of nitrogens with one attached hydrogen (secondary N) is 1. The molecule has 2 amide bonds. The number of carbonyl (C=O) groups excluding carboxylic acids is 2. The van der Waals surface area contributed by atoms with Crippen LogP contribution < -0.4 is 5.32 Å². The second kappa shape index (κ2) is 8.21. The molecule has 2 aromatic rings. The molecule has 1 aromatic heterocycles. The number of aryl methyl sites for hydroxylation is 2. The van der Waals surface area contributed by atoms with Gasteiger partial charge in [-0.05, 0) is 74.3 Å². The van der Waals surface area contributed by atoms with Crippen molar-refractivity contribution in [3.05, 3.63) is 59.0 Å². The van der Waals surface area contributed by atoms with E-state index >= 15 is 0 Å². The topological polar surface area (TPSA) is 62.6 Å². The fraction of sp³-hybridized carbons (Fsp3) is 0.478. The zero-order valence-electron chi connectivity index (χ0n) is 16.4. The van der Waals surface area contributed by atoms with Crippen LogP contribution in [0.3, 0.4) is 0 Å². The Balaban J connectivity index is 1.38. The number of rotatable bonds is 4. The number of likely N-dealkylation sites (tertiary alicyclic amines) is 1. The van der Waals surface area contributed by atoms with Gasteiger partial charge in [0, 0.05) is 13.1 Å². The highest BCUT2D eigenvalue weighted by Crippen LogP contribution is 2.26. The second-order valence-corrected chi connectivity index (χ2v) is 8.03. The van der Waals surface area contributed by atoms with Gasteiger partial charge >= 0.3 is 0 Å². The number of fused-ring (bicyclic) bond motifs is 1. The van der Waals surface area contributed by atoms with E-state index in [9.17, 15) is 9.59 Å². The first kappa shape index (κ1) is 18.8. The van der Waals surface area contributed by atoms with Crippen molar-refractivity contribution in [1.29, 1.82) is 0 Å². The Kier molecular flexibility index (Phi) is 5.51. The summed E-state index contributed by atoms with van der Waals surface area (Å²) in [5.41, 5.74) is 4.04. The molecule has 1 fully saturated rings. The van der Waals surface area contributed by atoms with Gasteiger partial charge in [0.1, 0.15) is 0 Å². The van der Waals surface area contributed by atoms with Crippen LogP contribution in [0.15, 0.2) is 41.0 Å². The van der Waals surface area contributed by atoms with Gasteiger partial charge in [-0.2, -0.15) is 0 Å². The lowest BCUT2D eigenvalue weighted by molar-refractivity contribution is -0.127. The Bertz CT molecular complexity index is 844. The average molecular weight is 380 g/mol. The van der Waals surface area contributed by atoms with Gasteiger partial charge in [0.15, 0.2) is 5.76 Å². The predicted octanol–water partition coefficient (Wildman–Crippen LogP) is 3.89. The summed E-state index contributed by atoms with van der Waals surface area (Å²) >= 11 is 0. The SMILES string of the molecule is C[C@H](NC(=O)[C@H]1CCCN(C(=O)c2ccco2)C1)c1ccc2c(c1)CCCC2. The molecule has 4 rings (SSSR count). The van der Waals surface area contributed by atoms with E-state index in [0.717, 1.165) is 31.2 Å². The van der Waals surface area contributed by atoms with E-state index in [1.807, 2.05) is 6.92 Å². The molecule has 5 heteroatoms. The lowest BCUT2D eigenvalue weighted by Gasteiger charge is -2.32. The number of hydrogen-bond acceptors (Lipinski definition) is 3. The van der Waals surface area contributed by atoms with Gasteiger partial charge in [-0.15, -0.1) is 0 Å². The smallest absolute Gasteiger partial charge is 0.289 e. The molecule has 1 N–H and O–H groups in total. The summed E-state index contributed by atoms with van der Waals surface area (Å²) in [7, 11) is 0. The highest BCUT2D eigenvalue weighted by molar-refractivity contribution is 5.92. The van der Waals surface area contributed by atoms with Crippen molar-refractivity contribution in [1.82, 2.24) is 10.2 Å². The van der Waals surface area contributed by atoms with Crippen molar-refractivity contribution in [2.75, 3.05) is 13.1 Å². The maximum absolute atomic E-state index is 12.9. The monoisotopic (exact) mass is 380 g/mol. The Morgan fingerprint density at radius 1 is 1.14 bits per heavy atom. The van der Waals surface area contributed by atoms with Gasteiger partial charge in [-0.1, -0.05) is 18.2 Å². The number of nitrogens with zero attached hydrogens (tertiary/aromatic N) is 1. The number of amides is 2. The third-order valence-corrected chi connectivity index (χ3v) is 6.04. The van der Waals surface area contributed by atoms with E-state index in [4.69, 9.17) is 4.42 Å². The van der Waals surface area contributed by atoms with Crippen molar-refractivity contribution in [3.63, 3.8) is 0 Å². The molecular formula is C23H28N2O3. The molecule has 2 heterocycles. The maximum atomic E-state index is 12.9. The quantitative estimate of drug-likeness (QED) is 0.875. The Labute approximate surface area is 166 Å². The van der Waals surface area contributed by atoms with Crippen LogP contribution in [-0.4, -0.2) is 29.8 Å². The van der Waals surface area contributed by atoms with E-state index in [1.54, 1.807) is 17.0 Å². The van der Waals surface area contributed by atoms with Crippen LogP contribution in [0.25, 0.3) is 0 Å². The first-order chi connectivity index (χ1) is 13.6. The normalized spacial score (nSPS) is 20.3. The van der Waals surface area contributed by atoms with Crippen LogP contribution in [-0.2, 0) is 17.6 Å². The van der Waals surface area contributed by atoms with Crippen LogP contribution in [0.2, 0.25) is 0 Å². The number of piperidine rings is 1. The van der Waals surface area contributed by atoms with Gasteiger partial charge in [-0.25, -0.2) is 0 Å². The lowest BCUT2D eigenvalue weighted by Crippen LogP contribution is -2.45. The standard InChI is InChI=1S/C23H28N2O3/c1-16(18-11-10-17-6-2-3-7-19(17)14-18)24-22(26)20-8-4-12-25(15-20)23(27)21-9-5-13-28-21/h5,9-11,13-14,16,20H,2-4,6-8,12,15H2,1H3,(H,24,26)/t16-,20-/m0/s1. The van der Waals surface area contributed by atoms with Crippen LogP contribution in [0.1, 0.15) is 65.9 Å². The molecule has 1 saturated heterocycles. The number of hydrogen-bond donors (Lipinski definition) is 1. The molecule has 0 saturated carbocycles. The van der Waals surface area contributed by atoms with Crippen molar-refractivity contribution >= 4 is 11.8 Å². The van der Waals surface area contributed by atoms with Gasteiger partial charge in [-0.3, -0.25) is 9.59 Å². The van der Waals surface area contributed by atoms with E-state index in [-0.39, 0.29) is 23.8 Å². The molecule has 1 aromatic carbocycles. The van der Waals surface area contributed by atoms with E-state index in [0.29, 0.717) is 18.8 Å². The van der Waals surface area contributed by atoms with Crippen molar-refractivity contribution in [3.8, 4) is 0 Å². The molecule has 148 valence electrons. The molecule has 0 bridgehead atoms. The number of benzene rings is 1. The fourth-order valence-corrected chi connectivity index (χ4v) is 4.37. The van der Waals surface area contributed by atoms with Gasteiger partial charge in [0.2, 0.25) is 5.91 Å². The molecule has 2 atom stereocenters. The van der Waals surface area contributed by atoms with Crippen molar-refractivity contribution < 1.29 is 14.0 Å². The third-order valence-electron chi connectivity index (χ3n) is 6.04. The summed E-state index contributed by atoms with van der Waals surface area (Å²) in [5.74, 6) is 0.0589. The molecule has 5 nitrogen and oxygen atoms in total. The molecule has 0 radical (unpaired) electrons.